The second kappa shape index (κ2) is 15.9. The van der Waals surface area contributed by atoms with Crippen molar-refractivity contribution >= 4 is 7.60 Å². The molecule has 0 aliphatic heterocycles. The summed E-state index contributed by atoms with van der Waals surface area (Å²) in [6.45, 7) is 5.91. The second-order valence-electron chi connectivity index (χ2n) is 9.47. The minimum absolute atomic E-state index is 0.232. The Morgan fingerprint density at radius 3 is 1.56 bits per heavy atom. The maximum absolute atomic E-state index is 12.2. The van der Waals surface area contributed by atoms with Gasteiger partial charge in [-0.05, 0) is 42.9 Å². The molecular weight excluding hydrogens is 419 g/mol. The molecule has 0 amide bonds. The SMILES string of the molecule is CCCCCCCCCCCCCCCCc1cc(C(CC)(CC)P(=O)(O)O)ccc1O. The summed E-state index contributed by atoms with van der Waals surface area (Å²) < 4.78 is 12.2. The number of phenols is 1. The predicted molar refractivity (Wildman–Crippen MR) is 136 cm³/mol. The van der Waals surface area contributed by atoms with Gasteiger partial charge in [0.25, 0.3) is 0 Å². The molecule has 0 saturated carbocycles. The van der Waals surface area contributed by atoms with Gasteiger partial charge in [0.1, 0.15) is 5.75 Å². The normalized spacial score (nSPS) is 12.4. The van der Waals surface area contributed by atoms with E-state index < -0.39 is 12.8 Å². The van der Waals surface area contributed by atoms with Crippen LogP contribution >= 0.6 is 7.60 Å². The van der Waals surface area contributed by atoms with Crippen molar-refractivity contribution in [3.63, 3.8) is 0 Å². The van der Waals surface area contributed by atoms with E-state index in [1.807, 2.05) is 19.9 Å². The maximum atomic E-state index is 12.2. The molecule has 3 N–H and O–H groups in total. The summed E-state index contributed by atoms with van der Waals surface area (Å²) >= 11 is 0. The molecule has 1 rings (SSSR count). The molecule has 0 fully saturated rings. The van der Waals surface area contributed by atoms with Gasteiger partial charge < -0.3 is 14.9 Å². The molecule has 0 saturated heterocycles. The van der Waals surface area contributed by atoms with E-state index in [1.54, 1.807) is 12.1 Å². The minimum Gasteiger partial charge on any atom is -0.508 e. The van der Waals surface area contributed by atoms with Crippen molar-refractivity contribution in [1.82, 2.24) is 0 Å². The molecule has 0 heterocycles. The summed E-state index contributed by atoms with van der Waals surface area (Å²) in [5, 5.41) is 9.10. The number of benzene rings is 1. The Hall–Kier alpha value is -0.830. The number of rotatable bonds is 19. The molecule has 32 heavy (non-hydrogen) atoms. The molecule has 0 spiro atoms. The number of aromatic hydroxyl groups is 1. The van der Waals surface area contributed by atoms with Crippen molar-refractivity contribution in [1.29, 1.82) is 0 Å². The Kier molecular flexibility index (Phi) is 14.5. The highest BCUT2D eigenvalue weighted by Gasteiger charge is 2.45. The van der Waals surface area contributed by atoms with E-state index in [2.05, 4.69) is 6.92 Å². The first-order valence-corrected chi connectivity index (χ1v) is 14.8. The van der Waals surface area contributed by atoms with Gasteiger partial charge in [0.2, 0.25) is 0 Å². The summed E-state index contributed by atoms with van der Waals surface area (Å²) in [4.78, 5) is 20.0. The molecule has 0 aliphatic carbocycles. The van der Waals surface area contributed by atoms with E-state index in [4.69, 9.17) is 0 Å². The first-order valence-electron chi connectivity index (χ1n) is 13.2. The van der Waals surface area contributed by atoms with E-state index in [0.29, 0.717) is 18.4 Å². The molecule has 0 unspecified atom stereocenters. The Bertz CT molecular complexity index is 664. The topological polar surface area (TPSA) is 77.8 Å². The highest BCUT2D eigenvalue weighted by Crippen LogP contribution is 2.61. The number of hydrogen-bond donors (Lipinski definition) is 3. The lowest BCUT2D eigenvalue weighted by molar-refractivity contribution is 0.315. The van der Waals surface area contributed by atoms with Crippen molar-refractivity contribution in [2.24, 2.45) is 0 Å². The van der Waals surface area contributed by atoms with Crippen LogP contribution in [0.1, 0.15) is 135 Å². The van der Waals surface area contributed by atoms with Crippen LogP contribution in [0.3, 0.4) is 0 Å². The first kappa shape index (κ1) is 29.2. The second-order valence-corrected chi connectivity index (χ2v) is 11.4. The molecular formula is C27H49O4P. The molecule has 0 bridgehead atoms. The van der Waals surface area contributed by atoms with Gasteiger partial charge in [-0.2, -0.15) is 0 Å². The summed E-state index contributed by atoms with van der Waals surface area (Å²) in [5.74, 6) is 0.232. The number of unbranched alkanes of at least 4 members (excludes halogenated alkanes) is 13. The van der Waals surface area contributed by atoms with Crippen LogP contribution in [0.25, 0.3) is 0 Å². The molecule has 1 aromatic rings. The van der Waals surface area contributed by atoms with Crippen LogP contribution in [0.4, 0.5) is 0 Å². The molecule has 0 atom stereocenters. The zero-order valence-electron chi connectivity index (χ0n) is 20.9. The fraction of sp³-hybridized carbons (Fsp3) is 0.778. The van der Waals surface area contributed by atoms with Gasteiger partial charge in [0.15, 0.2) is 0 Å². The van der Waals surface area contributed by atoms with Crippen molar-refractivity contribution in [3.05, 3.63) is 29.3 Å². The maximum Gasteiger partial charge on any atom is 0.335 e. The Morgan fingerprint density at radius 1 is 0.719 bits per heavy atom. The van der Waals surface area contributed by atoms with Crippen LogP contribution in [0, 0.1) is 0 Å². The van der Waals surface area contributed by atoms with Crippen LogP contribution in [0.2, 0.25) is 0 Å². The summed E-state index contributed by atoms with van der Waals surface area (Å²) in [6, 6.07) is 5.10. The quantitative estimate of drug-likeness (QED) is 0.140. The third-order valence-electron chi connectivity index (χ3n) is 7.14. The molecule has 0 aromatic heterocycles. The minimum atomic E-state index is -4.31. The monoisotopic (exact) mass is 468 g/mol. The number of phenolic OH excluding ortho intramolecular Hbond substituents is 1. The molecule has 0 radical (unpaired) electrons. The third kappa shape index (κ3) is 9.57. The van der Waals surface area contributed by atoms with Crippen molar-refractivity contribution in [2.75, 3.05) is 0 Å². The molecule has 0 aliphatic rings. The van der Waals surface area contributed by atoms with Crippen molar-refractivity contribution in [3.8, 4) is 5.75 Å². The van der Waals surface area contributed by atoms with E-state index in [9.17, 15) is 19.5 Å². The molecule has 1 aromatic carbocycles. The molecule has 4 nitrogen and oxygen atoms in total. The lowest BCUT2D eigenvalue weighted by atomic mass is 9.90. The van der Waals surface area contributed by atoms with Gasteiger partial charge in [-0.3, -0.25) is 4.57 Å². The van der Waals surface area contributed by atoms with Crippen LogP contribution in [0.15, 0.2) is 18.2 Å². The van der Waals surface area contributed by atoms with Crippen LogP contribution in [-0.2, 0) is 16.1 Å². The van der Waals surface area contributed by atoms with Gasteiger partial charge in [-0.1, -0.05) is 116 Å². The van der Waals surface area contributed by atoms with Crippen LogP contribution in [-0.4, -0.2) is 14.9 Å². The standard InChI is InChI=1S/C27H49O4P/c1-4-7-8-9-10-11-12-13-14-15-16-17-18-19-20-24-23-25(21-22-26(24)28)27(5-2,6-3)32(29,30)31/h21-23,28H,4-20H2,1-3H3,(H2,29,30,31). The zero-order chi connectivity index (χ0) is 23.9. The fourth-order valence-corrected chi connectivity index (χ4v) is 6.12. The molecule has 5 heteroatoms. The lowest BCUT2D eigenvalue weighted by Crippen LogP contribution is -2.24. The fourth-order valence-electron chi connectivity index (χ4n) is 4.82. The Balaban J connectivity index is 2.30. The van der Waals surface area contributed by atoms with Gasteiger partial charge in [0, 0.05) is 0 Å². The van der Waals surface area contributed by atoms with E-state index >= 15 is 0 Å². The van der Waals surface area contributed by atoms with Crippen molar-refractivity contribution in [2.45, 2.75) is 135 Å². The van der Waals surface area contributed by atoms with Crippen LogP contribution in [0.5, 0.6) is 5.75 Å². The van der Waals surface area contributed by atoms with Gasteiger partial charge >= 0.3 is 7.60 Å². The third-order valence-corrected chi connectivity index (χ3v) is 9.15. The zero-order valence-corrected chi connectivity index (χ0v) is 21.8. The Morgan fingerprint density at radius 2 is 1.16 bits per heavy atom. The Labute approximate surface area is 197 Å². The van der Waals surface area contributed by atoms with Gasteiger partial charge in [-0.15, -0.1) is 0 Å². The highest BCUT2D eigenvalue weighted by molar-refractivity contribution is 7.53. The van der Waals surface area contributed by atoms with E-state index in [0.717, 1.165) is 24.8 Å². The number of hydrogen-bond acceptors (Lipinski definition) is 2. The van der Waals surface area contributed by atoms with E-state index in [1.165, 1.54) is 77.0 Å². The average Bonchev–Trinajstić information content (AvgIpc) is 2.76. The van der Waals surface area contributed by atoms with Gasteiger partial charge in [-0.25, -0.2) is 0 Å². The summed E-state index contributed by atoms with van der Waals surface area (Å²) in [7, 11) is -4.31. The first-order chi connectivity index (χ1) is 15.3. The van der Waals surface area contributed by atoms with Crippen molar-refractivity contribution < 1.29 is 19.5 Å². The largest absolute Gasteiger partial charge is 0.508 e. The molecule has 186 valence electrons. The average molecular weight is 469 g/mol. The highest BCUT2D eigenvalue weighted by atomic mass is 31.2. The smallest absolute Gasteiger partial charge is 0.335 e. The number of aryl methyl sites for hydroxylation is 1. The van der Waals surface area contributed by atoms with Gasteiger partial charge in [0.05, 0.1) is 5.16 Å². The summed E-state index contributed by atoms with van der Waals surface area (Å²) in [6.07, 6.45) is 19.8. The predicted octanol–water partition coefficient (Wildman–Crippen LogP) is 8.61. The lowest BCUT2D eigenvalue weighted by Gasteiger charge is -2.33. The summed E-state index contributed by atoms with van der Waals surface area (Å²) in [5.41, 5.74) is 1.45. The van der Waals surface area contributed by atoms with Crippen LogP contribution < -0.4 is 0 Å². The van der Waals surface area contributed by atoms with E-state index in [-0.39, 0.29) is 5.75 Å².